The van der Waals surface area contributed by atoms with Crippen molar-refractivity contribution in [1.82, 2.24) is 20.1 Å². The Morgan fingerprint density at radius 1 is 1.20 bits per heavy atom. The SMILES string of the molecule is CN1CCN(Cc2ccc3c(c2)N(c2nc4c(s2)C(=O)NC(C)(C)C4)CCO3)CC1. The smallest absolute Gasteiger partial charge is 0.263 e. The summed E-state index contributed by atoms with van der Waals surface area (Å²) in [4.78, 5) is 25.3. The van der Waals surface area contributed by atoms with Crippen molar-refractivity contribution in [2.75, 3.05) is 51.3 Å². The minimum absolute atomic E-state index is 0.0118. The molecule has 7 nitrogen and oxygen atoms in total. The predicted octanol–water partition coefficient (Wildman–Crippen LogP) is 2.49. The van der Waals surface area contributed by atoms with Gasteiger partial charge in [-0.05, 0) is 38.6 Å². The Bertz CT molecular complexity index is 964. The summed E-state index contributed by atoms with van der Waals surface area (Å²) in [6.07, 6.45) is 0.755. The van der Waals surface area contributed by atoms with Crippen LogP contribution in [0.1, 0.15) is 34.8 Å². The van der Waals surface area contributed by atoms with Crippen molar-refractivity contribution in [3.8, 4) is 5.75 Å². The number of amides is 1. The van der Waals surface area contributed by atoms with Crippen molar-refractivity contribution in [3.63, 3.8) is 0 Å². The van der Waals surface area contributed by atoms with Gasteiger partial charge in [0.1, 0.15) is 17.2 Å². The highest BCUT2D eigenvalue weighted by Crippen LogP contribution is 2.41. The van der Waals surface area contributed by atoms with Crippen LogP contribution in [0.25, 0.3) is 0 Å². The van der Waals surface area contributed by atoms with E-state index in [1.165, 1.54) is 16.9 Å². The highest BCUT2D eigenvalue weighted by molar-refractivity contribution is 7.17. The predicted molar refractivity (Wildman–Crippen MR) is 119 cm³/mol. The minimum Gasteiger partial charge on any atom is -0.490 e. The molecule has 0 unspecified atom stereocenters. The zero-order valence-corrected chi connectivity index (χ0v) is 18.7. The molecule has 0 atom stereocenters. The highest BCUT2D eigenvalue weighted by Gasteiger charge is 2.34. The van der Waals surface area contributed by atoms with Crippen LogP contribution in [0.3, 0.4) is 0 Å². The second-order valence-corrected chi connectivity index (χ2v) is 10.1. The topological polar surface area (TPSA) is 60.9 Å². The molecule has 4 heterocycles. The van der Waals surface area contributed by atoms with Gasteiger partial charge in [0, 0.05) is 44.7 Å². The molecule has 0 saturated carbocycles. The number of carbonyl (C=O) groups excluding carboxylic acids is 1. The van der Waals surface area contributed by atoms with Crippen LogP contribution in [0.2, 0.25) is 0 Å². The van der Waals surface area contributed by atoms with E-state index in [1.807, 2.05) is 13.8 Å². The number of aromatic nitrogens is 1. The maximum atomic E-state index is 12.5. The number of likely N-dealkylation sites (N-methyl/N-ethyl adjacent to an activating group) is 1. The summed E-state index contributed by atoms with van der Waals surface area (Å²) in [5.74, 6) is 0.878. The fraction of sp³-hybridized carbons (Fsp3) is 0.545. The molecule has 3 aliphatic rings. The van der Waals surface area contributed by atoms with Gasteiger partial charge < -0.3 is 19.9 Å². The lowest BCUT2D eigenvalue weighted by molar-refractivity contribution is 0.0901. The van der Waals surface area contributed by atoms with Gasteiger partial charge in [0.15, 0.2) is 5.13 Å². The number of nitrogens with zero attached hydrogens (tertiary/aromatic N) is 4. The van der Waals surface area contributed by atoms with Gasteiger partial charge in [-0.1, -0.05) is 17.4 Å². The van der Waals surface area contributed by atoms with Gasteiger partial charge >= 0.3 is 0 Å². The lowest BCUT2D eigenvalue weighted by atomic mass is 9.94. The highest BCUT2D eigenvalue weighted by atomic mass is 32.1. The van der Waals surface area contributed by atoms with E-state index in [0.29, 0.717) is 6.61 Å². The van der Waals surface area contributed by atoms with Gasteiger partial charge in [0.25, 0.3) is 5.91 Å². The number of hydrogen-bond donors (Lipinski definition) is 1. The van der Waals surface area contributed by atoms with Crippen molar-refractivity contribution < 1.29 is 9.53 Å². The summed E-state index contributed by atoms with van der Waals surface area (Å²) in [5.41, 5.74) is 2.99. The molecular formula is C22H29N5O2S. The zero-order chi connectivity index (χ0) is 20.9. The Labute approximate surface area is 181 Å². The third-order valence-electron chi connectivity index (χ3n) is 6.07. The fourth-order valence-corrected chi connectivity index (χ4v) is 5.42. The largest absolute Gasteiger partial charge is 0.490 e. The van der Waals surface area contributed by atoms with Crippen LogP contribution in [0, 0.1) is 0 Å². The molecule has 0 spiro atoms. The van der Waals surface area contributed by atoms with Gasteiger partial charge in [-0.3, -0.25) is 9.69 Å². The summed E-state index contributed by atoms with van der Waals surface area (Å²) in [6, 6.07) is 6.48. The minimum atomic E-state index is -0.256. The molecule has 2 aromatic rings. The Morgan fingerprint density at radius 2 is 2.00 bits per heavy atom. The van der Waals surface area contributed by atoms with Crippen LogP contribution in [0.4, 0.5) is 10.8 Å². The molecule has 1 fully saturated rings. The van der Waals surface area contributed by atoms with Crippen molar-refractivity contribution >= 4 is 28.1 Å². The lowest BCUT2D eigenvalue weighted by Gasteiger charge is -2.33. The van der Waals surface area contributed by atoms with E-state index < -0.39 is 0 Å². The summed E-state index contributed by atoms with van der Waals surface area (Å²) < 4.78 is 5.93. The molecule has 1 saturated heterocycles. The first-order valence-electron chi connectivity index (χ1n) is 10.6. The first-order valence-corrected chi connectivity index (χ1v) is 11.5. The van der Waals surface area contributed by atoms with Crippen molar-refractivity contribution in [3.05, 3.63) is 34.3 Å². The Morgan fingerprint density at radius 3 is 2.80 bits per heavy atom. The zero-order valence-electron chi connectivity index (χ0n) is 17.9. The standard InChI is InChI=1S/C22H29N5O2S/c1-22(2)13-16-19(20(28)24-22)30-21(23-16)27-10-11-29-18-5-4-15(12-17(18)27)14-26-8-6-25(3)7-9-26/h4-5,12H,6-11,13-14H2,1-3H3,(H,24,28). The van der Waals surface area contributed by atoms with Gasteiger partial charge in [-0.2, -0.15) is 0 Å². The van der Waals surface area contributed by atoms with E-state index in [-0.39, 0.29) is 11.4 Å². The molecule has 1 aromatic heterocycles. The quantitative estimate of drug-likeness (QED) is 0.812. The van der Waals surface area contributed by atoms with Gasteiger partial charge in [-0.25, -0.2) is 4.98 Å². The van der Waals surface area contributed by atoms with Crippen LogP contribution < -0.4 is 15.0 Å². The third-order valence-corrected chi connectivity index (χ3v) is 7.19. The monoisotopic (exact) mass is 427 g/mol. The first-order chi connectivity index (χ1) is 14.4. The van der Waals surface area contributed by atoms with Gasteiger partial charge in [-0.15, -0.1) is 0 Å². The number of fused-ring (bicyclic) bond motifs is 2. The van der Waals surface area contributed by atoms with Crippen molar-refractivity contribution in [2.45, 2.75) is 32.4 Å². The summed E-state index contributed by atoms with van der Waals surface area (Å²) in [5, 5.41) is 3.97. The van der Waals surface area contributed by atoms with Crippen LogP contribution in [0.15, 0.2) is 18.2 Å². The number of ether oxygens (including phenoxy) is 1. The van der Waals surface area contributed by atoms with Crippen LogP contribution in [-0.2, 0) is 13.0 Å². The van der Waals surface area contributed by atoms with E-state index in [2.05, 4.69) is 45.3 Å². The maximum Gasteiger partial charge on any atom is 0.263 e. The Balaban J connectivity index is 1.42. The summed E-state index contributed by atoms with van der Waals surface area (Å²) in [6.45, 7) is 10.8. The van der Waals surface area contributed by atoms with E-state index in [0.717, 1.165) is 72.8 Å². The van der Waals surface area contributed by atoms with E-state index >= 15 is 0 Å². The number of anilines is 2. The second-order valence-electron chi connectivity index (χ2n) is 9.17. The molecule has 3 aliphatic heterocycles. The number of hydrogen-bond acceptors (Lipinski definition) is 7. The lowest BCUT2D eigenvalue weighted by Crippen LogP contribution is -2.48. The molecule has 8 heteroatoms. The normalized spacial score (nSPS) is 21.6. The molecule has 0 radical (unpaired) electrons. The summed E-state index contributed by atoms with van der Waals surface area (Å²) in [7, 11) is 2.18. The first kappa shape index (κ1) is 19.8. The molecule has 0 bridgehead atoms. The molecular weight excluding hydrogens is 398 g/mol. The van der Waals surface area contributed by atoms with E-state index in [4.69, 9.17) is 9.72 Å². The summed E-state index contributed by atoms with van der Waals surface area (Å²) >= 11 is 1.49. The number of carbonyl (C=O) groups is 1. The van der Waals surface area contributed by atoms with Crippen LogP contribution >= 0.6 is 11.3 Å². The van der Waals surface area contributed by atoms with Crippen LogP contribution in [0.5, 0.6) is 5.75 Å². The molecule has 1 N–H and O–H groups in total. The number of benzene rings is 1. The second kappa shape index (κ2) is 7.51. The molecule has 30 heavy (non-hydrogen) atoms. The molecule has 0 aliphatic carbocycles. The molecule has 5 rings (SSSR count). The fourth-order valence-electron chi connectivity index (χ4n) is 4.40. The molecule has 1 amide bonds. The average Bonchev–Trinajstić information content (AvgIpc) is 3.12. The van der Waals surface area contributed by atoms with Crippen molar-refractivity contribution in [1.29, 1.82) is 0 Å². The maximum absolute atomic E-state index is 12.5. The average molecular weight is 428 g/mol. The van der Waals surface area contributed by atoms with E-state index in [1.54, 1.807) is 0 Å². The Kier molecular flexibility index (Phi) is 4.95. The number of piperazine rings is 1. The number of thiazole rings is 1. The third kappa shape index (κ3) is 3.79. The molecule has 1 aromatic carbocycles. The number of rotatable bonds is 3. The van der Waals surface area contributed by atoms with Crippen molar-refractivity contribution in [2.24, 2.45) is 0 Å². The Hall–Kier alpha value is -2.16. The molecule has 160 valence electrons. The number of nitrogens with one attached hydrogen (secondary N) is 1. The van der Waals surface area contributed by atoms with Crippen LogP contribution in [-0.4, -0.2) is 72.6 Å². The van der Waals surface area contributed by atoms with E-state index in [9.17, 15) is 4.79 Å². The van der Waals surface area contributed by atoms with Gasteiger partial charge in [0.2, 0.25) is 0 Å². The van der Waals surface area contributed by atoms with Gasteiger partial charge in [0.05, 0.1) is 17.9 Å².